The Morgan fingerprint density at radius 3 is 2.50 bits per heavy atom. The highest BCUT2D eigenvalue weighted by atomic mass is 32.2. The van der Waals surface area contributed by atoms with Gasteiger partial charge in [-0.3, -0.25) is 9.11 Å². The van der Waals surface area contributed by atoms with E-state index in [1.165, 1.54) is 4.90 Å². The molecule has 1 rings (SSSR count). The first-order chi connectivity index (χ1) is 11.2. The van der Waals surface area contributed by atoms with E-state index in [2.05, 4.69) is 5.32 Å². The van der Waals surface area contributed by atoms with Crippen molar-refractivity contribution in [3.8, 4) is 0 Å². The lowest BCUT2D eigenvalue weighted by molar-refractivity contribution is -0.148. The van der Waals surface area contributed by atoms with Crippen molar-refractivity contribution < 1.29 is 23.3 Å². The van der Waals surface area contributed by atoms with E-state index in [1.54, 1.807) is 27.7 Å². The van der Waals surface area contributed by atoms with Crippen LogP contribution in [0.3, 0.4) is 0 Å². The van der Waals surface area contributed by atoms with E-state index in [4.69, 9.17) is 9.47 Å². The summed E-state index contributed by atoms with van der Waals surface area (Å²) in [7, 11) is -0.867. The van der Waals surface area contributed by atoms with Crippen LogP contribution < -0.4 is 5.32 Å². The fraction of sp³-hybridized carbons (Fsp3) is 0.875. The molecule has 0 unspecified atom stereocenters. The number of likely N-dealkylation sites (tertiary alicyclic amines) is 1. The van der Waals surface area contributed by atoms with E-state index in [0.29, 0.717) is 31.0 Å². The first-order valence-electron chi connectivity index (χ1n) is 8.44. The first kappa shape index (κ1) is 20.9. The van der Waals surface area contributed by atoms with Gasteiger partial charge in [-0.2, -0.15) is 0 Å². The molecule has 140 valence electrons. The molecule has 1 aliphatic rings. The number of nitrogens with one attached hydrogen (secondary N) is 1. The highest BCUT2D eigenvalue weighted by molar-refractivity contribution is 7.84. The van der Waals surface area contributed by atoms with Gasteiger partial charge in [0, 0.05) is 41.4 Å². The summed E-state index contributed by atoms with van der Waals surface area (Å²) >= 11 is 0. The monoisotopic (exact) mass is 362 g/mol. The van der Waals surface area contributed by atoms with Crippen molar-refractivity contribution in [3.05, 3.63) is 0 Å². The fourth-order valence-electron chi connectivity index (χ4n) is 2.55. The van der Waals surface area contributed by atoms with Gasteiger partial charge in [-0.05, 0) is 34.1 Å². The largest absolute Gasteiger partial charge is 0.464 e. The molecular formula is C16H30N2O5S. The second-order valence-corrected chi connectivity index (χ2v) is 8.52. The SMILES string of the molecule is CCOC(=O)[C@@H]1[C@@H](NCC[S@](=O)CC)CCN1C(=O)OC(C)(C)C. The van der Waals surface area contributed by atoms with Crippen LogP contribution in [0.5, 0.6) is 0 Å². The molecule has 7 nitrogen and oxygen atoms in total. The number of esters is 1. The van der Waals surface area contributed by atoms with Crippen LogP contribution in [0.2, 0.25) is 0 Å². The van der Waals surface area contributed by atoms with Gasteiger partial charge in [0.15, 0.2) is 0 Å². The van der Waals surface area contributed by atoms with Crippen molar-refractivity contribution in [2.24, 2.45) is 0 Å². The van der Waals surface area contributed by atoms with E-state index in [0.717, 1.165) is 0 Å². The molecular weight excluding hydrogens is 332 g/mol. The van der Waals surface area contributed by atoms with Crippen LogP contribution in [0.1, 0.15) is 41.0 Å². The van der Waals surface area contributed by atoms with Crippen LogP contribution in [-0.2, 0) is 25.1 Å². The van der Waals surface area contributed by atoms with E-state index < -0.39 is 34.5 Å². The molecule has 8 heteroatoms. The number of hydrogen-bond acceptors (Lipinski definition) is 6. The predicted octanol–water partition coefficient (Wildman–Crippen LogP) is 1.29. The quantitative estimate of drug-likeness (QED) is 0.687. The Labute approximate surface area is 146 Å². The predicted molar refractivity (Wildman–Crippen MR) is 93.3 cm³/mol. The Balaban J connectivity index is 2.76. The van der Waals surface area contributed by atoms with Gasteiger partial charge in [0.25, 0.3) is 0 Å². The average molecular weight is 362 g/mol. The van der Waals surface area contributed by atoms with Gasteiger partial charge in [0.2, 0.25) is 0 Å². The zero-order valence-corrected chi connectivity index (χ0v) is 16.1. The van der Waals surface area contributed by atoms with Crippen molar-refractivity contribution in [2.45, 2.75) is 58.7 Å². The van der Waals surface area contributed by atoms with E-state index in [1.807, 2.05) is 6.92 Å². The summed E-state index contributed by atoms with van der Waals surface area (Å²) in [6, 6.07) is -0.930. The zero-order chi connectivity index (χ0) is 18.3. The summed E-state index contributed by atoms with van der Waals surface area (Å²) in [6.45, 7) is 10.2. The molecule has 1 heterocycles. The van der Waals surface area contributed by atoms with Gasteiger partial charge in [-0.1, -0.05) is 6.92 Å². The summed E-state index contributed by atoms with van der Waals surface area (Å²) in [4.78, 5) is 26.1. The molecule has 0 radical (unpaired) electrons. The maximum Gasteiger partial charge on any atom is 0.411 e. The Kier molecular flexibility index (Phi) is 8.15. The van der Waals surface area contributed by atoms with Crippen LogP contribution >= 0.6 is 0 Å². The van der Waals surface area contributed by atoms with E-state index >= 15 is 0 Å². The smallest absolute Gasteiger partial charge is 0.411 e. The number of carbonyl (C=O) groups is 2. The van der Waals surface area contributed by atoms with Crippen molar-refractivity contribution in [1.29, 1.82) is 0 Å². The summed E-state index contributed by atoms with van der Waals surface area (Å²) < 4.78 is 22.0. The van der Waals surface area contributed by atoms with E-state index in [-0.39, 0.29) is 12.6 Å². The molecule has 0 aromatic carbocycles. The lowest BCUT2D eigenvalue weighted by Gasteiger charge is -2.29. The summed E-state index contributed by atoms with van der Waals surface area (Å²) in [6.07, 6.45) is 0.114. The van der Waals surface area contributed by atoms with Gasteiger partial charge >= 0.3 is 12.1 Å². The zero-order valence-electron chi connectivity index (χ0n) is 15.3. The van der Waals surface area contributed by atoms with Gasteiger partial charge in [0.05, 0.1) is 6.61 Å². The standard InChI is InChI=1S/C16H30N2O5S/c1-6-22-14(19)13-12(17-9-11-24(21)7-2)8-10-18(13)15(20)23-16(3,4)5/h12-13,17H,6-11H2,1-5H3/t12-,13-,24+/m0/s1. The maximum atomic E-state index is 12.4. The Morgan fingerprint density at radius 1 is 1.29 bits per heavy atom. The average Bonchev–Trinajstić information content (AvgIpc) is 2.89. The Morgan fingerprint density at radius 2 is 1.96 bits per heavy atom. The lowest BCUT2D eigenvalue weighted by Crippen LogP contribution is -2.51. The fourth-order valence-corrected chi connectivity index (χ4v) is 3.19. The molecule has 0 saturated carbocycles. The number of hydrogen-bond donors (Lipinski definition) is 1. The minimum atomic E-state index is -0.867. The number of rotatable bonds is 7. The molecule has 1 aliphatic heterocycles. The molecule has 1 N–H and O–H groups in total. The van der Waals surface area contributed by atoms with Crippen molar-refractivity contribution in [1.82, 2.24) is 10.2 Å². The van der Waals surface area contributed by atoms with Crippen molar-refractivity contribution in [2.75, 3.05) is 31.2 Å². The van der Waals surface area contributed by atoms with Crippen LogP contribution in [-0.4, -0.2) is 70.1 Å². The molecule has 0 aromatic heterocycles. The van der Waals surface area contributed by atoms with Crippen LogP contribution in [0.15, 0.2) is 0 Å². The molecule has 3 atom stereocenters. The Bertz CT molecular complexity index is 464. The topological polar surface area (TPSA) is 84.9 Å². The summed E-state index contributed by atoms with van der Waals surface area (Å²) in [5.41, 5.74) is -0.625. The summed E-state index contributed by atoms with van der Waals surface area (Å²) in [5, 5.41) is 3.24. The highest BCUT2D eigenvalue weighted by Gasteiger charge is 2.44. The molecule has 0 aromatic rings. The van der Waals surface area contributed by atoms with Crippen molar-refractivity contribution >= 4 is 22.9 Å². The van der Waals surface area contributed by atoms with Gasteiger partial charge in [-0.25, -0.2) is 9.59 Å². The minimum Gasteiger partial charge on any atom is -0.464 e. The van der Waals surface area contributed by atoms with Crippen LogP contribution in [0.25, 0.3) is 0 Å². The Hall–Kier alpha value is -1.15. The number of nitrogens with zero attached hydrogens (tertiary/aromatic N) is 1. The third kappa shape index (κ3) is 6.39. The second-order valence-electron chi connectivity index (χ2n) is 6.65. The molecule has 0 spiro atoms. The van der Waals surface area contributed by atoms with Crippen LogP contribution in [0.4, 0.5) is 4.79 Å². The molecule has 0 aliphatic carbocycles. The highest BCUT2D eigenvalue weighted by Crippen LogP contribution is 2.22. The molecule has 1 saturated heterocycles. The number of carbonyl (C=O) groups excluding carboxylic acids is 2. The molecule has 1 amide bonds. The van der Waals surface area contributed by atoms with Gasteiger partial charge < -0.3 is 14.8 Å². The van der Waals surface area contributed by atoms with Gasteiger partial charge in [-0.15, -0.1) is 0 Å². The number of amides is 1. The normalized spacial score (nSPS) is 22.3. The molecule has 1 fully saturated rings. The second kappa shape index (κ2) is 9.36. The van der Waals surface area contributed by atoms with Crippen LogP contribution in [0, 0.1) is 0 Å². The third-order valence-corrected chi connectivity index (χ3v) is 4.92. The first-order valence-corrected chi connectivity index (χ1v) is 9.93. The van der Waals surface area contributed by atoms with Crippen molar-refractivity contribution in [3.63, 3.8) is 0 Å². The lowest BCUT2D eigenvalue weighted by atomic mass is 10.1. The minimum absolute atomic E-state index is 0.217. The molecule has 0 bridgehead atoms. The molecule has 24 heavy (non-hydrogen) atoms. The number of ether oxygens (including phenoxy) is 2. The van der Waals surface area contributed by atoms with Gasteiger partial charge in [0.1, 0.15) is 11.6 Å². The third-order valence-electron chi connectivity index (χ3n) is 3.61. The summed E-state index contributed by atoms with van der Waals surface area (Å²) in [5.74, 6) is 0.696. The van der Waals surface area contributed by atoms with E-state index in [9.17, 15) is 13.8 Å². The maximum absolute atomic E-state index is 12.4.